The molecule has 2 heteroatoms. The number of hydrogen-bond donors (Lipinski definition) is 1. The van der Waals surface area contributed by atoms with E-state index in [1.54, 1.807) is 0 Å². The Morgan fingerprint density at radius 2 is 2.07 bits per heavy atom. The van der Waals surface area contributed by atoms with Crippen LogP contribution in [0.5, 0.6) is 0 Å². The van der Waals surface area contributed by atoms with Crippen molar-refractivity contribution in [1.29, 1.82) is 0 Å². The van der Waals surface area contributed by atoms with Crippen LogP contribution in [0.2, 0.25) is 0 Å². The predicted octanol–water partition coefficient (Wildman–Crippen LogP) is 2.40. The van der Waals surface area contributed by atoms with Crippen molar-refractivity contribution < 1.29 is 0 Å². The van der Waals surface area contributed by atoms with E-state index in [0.29, 0.717) is 0 Å². The predicted molar refractivity (Wildman–Crippen MR) is 64.4 cm³/mol. The van der Waals surface area contributed by atoms with Crippen molar-refractivity contribution in [1.82, 2.24) is 10.2 Å². The van der Waals surface area contributed by atoms with Crippen LogP contribution < -0.4 is 5.32 Å². The first-order valence-corrected chi connectivity index (χ1v) is 5.49. The van der Waals surface area contributed by atoms with Gasteiger partial charge in [-0.1, -0.05) is 26.0 Å². The molecule has 0 bridgehead atoms. The smallest absolute Gasteiger partial charge is 0.0296 e. The highest BCUT2D eigenvalue weighted by molar-refractivity contribution is 5.15. The molecular formula is C12H24N2. The fourth-order valence-electron chi connectivity index (χ4n) is 1.15. The van der Waals surface area contributed by atoms with Gasteiger partial charge in [0.25, 0.3) is 0 Å². The fraction of sp³-hybridized carbons (Fsp3) is 0.667. The van der Waals surface area contributed by atoms with Crippen LogP contribution in [0.25, 0.3) is 0 Å². The van der Waals surface area contributed by atoms with Crippen LogP contribution in [0.4, 0.5) is 0 Å². The van der Waals surface area contributed by atoms with Crippen LogP contribution in [0.1, 0.15) is 27.2 Å². The van der Waals surface area contributed by atoms with Crippen molar-refractivity contribution in [3.63, 3.8) is 0 Å². The molecule has 0 saturated carbocycles. The molecule has 0 aromatic heterocycles. The molecule has 0 heterocycles. The highest BCUT2D eigenvalue weighted by atomic mass is 15.1. The Bertz CT molecular complexity index is 183. The summed E-state index contributed by atoms with van der Waals surface area (Å²) in [5.41, 5.74) is 1.24. The zero-order valence-electron chi connectivity index (χ0n) is 10.0. The number of allylic oxidation sites excluding steroid dienone is 3. The van der Waals surface area contributed by atoms with Gasteiger partial charge in [-0.05, 0) is 33.0 Å². The van der Waals surface area contributed by atoms with E-state index in [0.717, 1.165) is 26.1 Å². The van der Waals surface area contributed by atoms with E-state index in [4.69, 9.17) is 0 Å². The lowest BCUT2D eigenvalue weighted by Crippen LogP contribution is -2.28. The van der Waals surface area contributed by atoms with Gasteiger partial charge in [0.2, 0.25) is 0 Å². The Morgan fingerprint density at radius 1 is 1.36 bits per heavy atom. The minimum atomic E-state index is 1.01. The number of nitrogens with one attached hydrogen (secondary N) is 1. The van der Waals surface area contributed by atoms with Crippen LogP contribution in [0.3, 0.4) is 0 Å². The van der Waals surface area contributed by atoms with Crippen LogP contribution >= 0.6 is 0 Å². The largest absolute Gasteiger partial charge is 0.384 e. The summed E-state index contributed by atoms with van der Waals surface area (Å²) >= 11 is 0. The van der Waals surface area contributed by atoms with Gasteiger partial charge in [-0.3, -0.25) is 0 Å². The van der Waals surface area contributed by atoms with Gasteiger partial charge in [0.1, 0.15) is 0 Å². The fourth-order valence-corrected chi connectivity index (χ4v) is 1.15. The van der Waals surface area contributed by atoms with Gasteiger partial charge in [-0.2, -0.15) is 0 Å². The second-order valence-electron chi connectivity index (χ2n) is 3.39. The molecule has 0 aliphatic rings. The Labute approximate surface area is 88.7 Å². The average Bonchev–Trinajstić information content (AvgIpc) is 2.18. The van der Waals surface area contributed by atoms with Crippen LogP contribution in [0, 0.1) is 0 Å². The van der Waals surface area contributed by atoms with Crippen molar-refractivity contribution >= 4 is 0 Å². The van der Waals surface area contributed by atoms with E-state index in [1.165, 1.54) is 5.70 Å². The third-order valence-corrected chi connectivity index (χ3v) is 2.13. The SMILES string of the molecule is C/C=C\C(=C\CC)NCCN(C)CC. The summed E-state index contributed by atoms with van der Waals surface area (Å²) in [7, 11) is 2.14. The maximum Gasteiger partial charge on any atom is 0.0296 e. The molecule has 0 unspecified atom stereocenters. The summed E-state index contributed by atoms with van der Waals surface area (Å²) in [5, 5.41) is 3.42. The van der Waals surface area contributed by atoms with E-state index in [-0.39, 0.29) is 0 Å². The summed E-state index contributed by atoms with van der Waals surface area (Å²) < 4.78 is 0. The summed E-state index contributed by atoms with van der Waals surface area (Å²) in [4.78, 5) is 2.30. The molecule has 0 fully saturated rings. The number of rotatable bonds is 7. The monoisotopic (exact) mass is 196 g/mol. The van der Waals surface area contributed by atoms with Gasteiger partial charge in [0.15, 0.2) is 0 Å². The van der Waals surface area contributed by atoms with E-state index in [9.17, 15) is 0 Å². The molecular weight excluding hydrogens is 172 g/mol. The third-order valence-electron chi connectivity index (χ3n) is 2.13. The quantitative estimate of drug-likeness (QED) is 0.629. The van der Waals surface area contributed by atoms with Crippen molar-refractivity contribution in [3.05, 3.63) is 23.9 Å². The molecule has 0 radical (unpaired) electrons. The lowest BCUT2D eigenvalue weighted by atomic mass is 10.3. The Morgan fingerprint density at radius 3 is 2.57 bits per heavy atom. The average molecular weight is 196 g/mol. The standard InChI is InChI=1S/C12H24N2/c1-5-8-12(9-6-2)13-10-11-14(4)7-3/h5,8-9,13H,6-7,10-11H2,1-4H3/b8-5-,12-9-. The molecule has 0 aliphatic heterocycles. The lowest BCUT2D eigenvalue weighted by molar-refractivity contribution is 0.354. The zero-order chi connectivity index (χ0) is 10.8. The molecule has 0 aromatic rings. The minimum absolute atomic E-state index is 1.01. The molecule has 0 aliphatic carbocycles. The maximum absolute atomic E-state index is 3.42. The molecule has 0 amide bonds. The van der Waals surface area contributed by atoms with Gasteiger partial charge in [-0.25, -0.2) is 0 Å². The molecule has 2 nitrogen and oxygen atoms in total. The van der Waals surface area contributed by atoms with Crippen molar-refractivity contribution in [2.75, 3.05) is 26.7 Å². The van der Waals surface area contributed by atoms with E-state index < -0.39 is 0 Å². The Hall–Kier alpha value is -0.760. The van der Waals surface area contributed by atoms with Crippen molar-refractivity contribution in [2.24, 2.45) is 0 Å². The second-order valence-corrected chi connectivity index (χ2v) is 3.39. The van der Waals surface area contributed by atoms with Crippen molar-refractivity contribution in [2.45, 2.75) is 27.2 Å². The first-order valence-electron chi connectivity index (χ1n) is 5.49. The maximum atomic E-state index is 3.42. The summed E-state index contributed by atoms with van der Waals surface area (Å²) in [6.45, 7) is 9.59. The topological polar surface area (TPSA) is 15.3 Å². The van der Waals surface area contributed by atoms with Gasteiger partial charge in [-0.15, -0.1) is 0 Å². The number of hydrogen-bond acceptors (Lipinski definition) is 2. The Balaban J connectivity index is 3.77. The molecule has 0 aromatic carbocycles. The summed E-state index contributed by atoms with van der Waals surface area (Å²) in [6, 6.07) is 0. The van der Waals surface area contributed by atoms with Crippen LogP contribution in [-0.4, -0.2) is 31.6 Å². The first kappa shape index (κ1) is 13.2. The first-order chi connectivity index (χ1) is 6.74. The van der Waals surface area contributed by atoms with E-state index in [2.05, 4.69) is 49.3 Å². The van der Waals surface area contributed by atoms with Gasteiger partial charge >= 0.3 is 0 Å². The summed E-state index contributed by atoms with van der Waals surface area (Å²) in [6.07, 6.45) is 7.48. The minimum Gasteiger partial charge on any atom is -0.384 e. The molecule has 82 valence electrons. The zero-order valence-corrected chi connectivity index (χ0v) is 10.0. The molecule has 0 rings (SSSR count). The van der Waals surface area contributed by atoms with Gasteiger partial charge in [0, 0.05) is 18.8 Å². The highest BCUT2D eigenvalue weighted by Gasteiger charge is 1.94. The Kier molecular flexibility index (Phi) is 8.34. The second kappa shape index (κ2) is 8.82. The molecule has 0 saturated heterocycles. The number of nitrogens with zero attached hydrogens (tertiary/aromatic N) is 1. The van der Waals surface area contributed by atoms with E-state index in [1.807, 2.05) is 6.92 Å². The molecule has 1 N–H and O–H groups in total. The van der Waals surface area contributed by atoms with Gasteiger partial charge < -0.3 is 10.2 Å². The van der Waals surface area contributed by atoms with Crippen LogP contribution in [-0.2, 0) is 0 Å². The molecule has 0 spiro atoms. The van der Waals surface area contributed by atoms with Crippen LogP contribution in [0.15, 0.2) is 23.9 Å². The normalized spacial score (nSPS) is 12.8. The molecule has 14 heavy (non-hydrogen) atoms. The van der Waals surface area contributed by atoms with Crippen molar-refractivity contribution in [3.8, 4) is 0 Å². The lowest BCUT2D eigenvalue weighted by Gasteiger charge is -2.15. The van der Waals surface area contributed by atoms with E-state index >= 15 is 0 Å². The third kappa shape index (κ3) is 6.72. The highest BCUT2D eigenvalue weighted by Crippen LogP contribution is 1.94. The summed E-state index contributed by atoms with van der Waals surface area (Å²) in [5.74, 6) is 0. The van der Waals surface area contributed by atoms with Gasteiger partial charge in [0.05, 0.1) is 0 Å². The number of likely N-dealkylation sites (N-methyl/N-ethyl adjacent to an activating group) is 1. The molecule has 0 atom stereocenters.